The molecule has 1 rings (SSSR count). The third-order valence-corrected chi connectivity index (χ3v) is 2.47. The highest BCUT2D eigenvalue weighted by atomic mass is 19.1. The van der Waals surface area contributed by atoms with Gasteiger partial charge < -0.3 is 4.74 Å². The fourth-order valence-electron chi connectivity index (χ4n) is 1.24. The highest BCUT2D eigenvalue weighted by molar-refractivity contribution is 5.07. The molecule has 2 heteroatoms. The van der Waals surface area contributed by atoms with Crippen molar-refractivity contribution in [2.24, 2.45) is 0 Å². The number of ether oxygens (including phenoxy) is 1. The summed E-state index contributed by atoms with van der Waals surface area (Å²) < 4.78 is 18.8. The maximum Gasteiger partial charge on any atom is 0.141 e. The quantitative estimate of drug-likeness (QED) is 0.488. The van der Waals surface area contributed by atoms with Gasteiger partial charge in [0.2, 0.25) is 0 Å². The first-order valence-corrected chi connectivity index (χ1v) is 5.25. The van der Waals surface area contributed by atoms with E-state index in [9.17, 15) is 4.39 Å². The molecule has 0 saturated heterocycles. The monoisotopic (exact) mass is 198 g/mol. The summed E-state index contributed by atoms with van der Waals surface area (Å²) in [7, 11) is 0. The van der Waals surface area contributed by atoms with Crippen molar-refractivity contribution in [3.8, 4) is 0 Å². The lowest BCUT2D eigenvalue weighted by molar-refractivity contribution is 0.0484. The van der Waals surface area contributed by atoms with Crippen molar-refractivity contribution in [2.45, 2.75) is 52.6 Å². The Hall–Kier alpha value is -0.790. The molecule has 0 spiro atoms. The van der Waals surface area contributed by atoms with Crippen LogP contribution in [-0.2, 0) is 4.74 Å². The van der Waals surface area contributed by atoms with Crippen molar-refractivity contribution in [1.29, 1.82) is 0 Å². The molecule has 14 heavy (non-hydrogen) atoms. The van der Waals surface area contributed by atoms with Crippen molar-refractivity contribution >= 4 is 0 Å². The molecule has 0 aromatic heterocycles. The highest BCUT2D eigenvalue weighted by Gasteiger charge is 2.19. The zero-order chi connectivity index (χ0) is 10.6. The van der Waals surface area contributed by atoms with Gasteiger partial charge in [-0.1, -0.05) is 11.6 Å². The van der Waals surface area contributed by atoms with Crippen molar-refractivity contribution in [2.75, 3.05) is 0 Å². The smallest absolute Gasteiger partial charge is 0.141 e. The Morgan fingerprint density at radius 2 is 2.00 bits per heavy atom. The molecular formula is C12H19FO. The first-order chi connectivity index (χ1) is 6.59. The van der Waals surface area contributed by atoms with Crippen LogP contribution in [0.25, 0.3) is 0 Å². The Kier molecular flexibility index (Phi) is 4.18. The molecule has 0 heterocycles. The van der Waals surface area contributed by atoms with Gasteiger partial charge in [-0.05, 0) is 40.0 Å². The predicted molar refractivity (Wildman–Crippen MR) is 56.6 cm³/mol. The summed E-state index contributed by atoms with van der Waals surface area (Å²) in [4.78, 5) is 0. The fourth-order valence-corrected chi connectivity index (χ4v) is 1.24. The van der Waals surface area contributed by atoms with Crippen LogP contribution in [0.15, 0.2) is 23.2 Å². The summed E-state index contributed by atoms with van der Waals surface area (Å²) in [5.74, 6) is 0.324. The van der Waals surface area contributed by atoms with Gasteiger partial charge in [0.25, 0.3) is 0 Å². The van der Waals surface area contributed by atoms with Crippen LogP contribution in [0.4, 0.5) is 4.39 Å². The molecule has 1 aliphatic carbocycles. The molecule has 1 aliphatic rings. The largest absolute Gasteiger partial charge is 0.492 e. The Morgan fingerprint density at radius 1 is 1.36 bits per heavy atom. The van der Waals surface area contributed by atoms with Crippen LogP contribution in [0.5, 0.6) is 0 Å². The summed E-state index contributed by atoms with van der Waals surface area (Å²) in [5.41, 5.74) is 1.14. The van der Waals surface area contributed by atoms with Gasteiger partial charge in [0, 0.05) is 6.42 Å². The van der Waals surface area contributed by atoms with Crippen LogP contribution in [-0.4, -0.2) is 6.10 Å². The number of halogens is 1. The highest BCUT2D eigenvalue weighted by Crippen LogP contribution is 2.26. The molecule has 0 unspecified atom stereocenters. The minimum absolute atomic E-state index is 0.141. The van der Waals surface area contributed by atoms with E-state index in [0.29, 0.717) is 12.2 Å². The van der Waals surface area contributed by atoms with Gasteiger partial charge in [0.1, 0.15) is 11.6 Å². The number of hydrogen-bond acceptors (Lipinski definition) is 1. The predicted octanol–water partition coefficient (Wildman–Crippen LogP) is 4.11. The molecular weight excluding hydrogens is 179 g/mol. The van der Waals surface area contributed by atoms with Crippen molar-refractivity contribution in [3.63, 3.8) is 0 Å². The molecule has 1 saturated carbocycles. The average Bonchev–Trinajstić information content (AvgIpc) is 2.06. The SMILES string of the molecule is CC(C)=CC/C(F)=C(\C)OC1CCC1. The molecule has 0 aromatic rings. The summed E-state index contributed by atoms with van der Waals surface area (Å²) in [5, 5.41) is 0. The second-order valence-corrected chi connectivity index (χ2v) is 4.12. The van der Waals surface area contributed by atoms with Crippen molar-refractivity contribution < 1.29 is 9.13 Å². The molecule has 0 atom stereocenters. The minimum Gasteiger partial charge on any atom is -0.492 e. The lowest BCUT2D eigenvalue weighted by Crippen LogP contribution is -2.20. The lowest BCUT2D eigenvalue weighted by Gasteiger charge is -2.26. The summed E-state index contributed by atoms with van der Waals surface area (Å²) in [6, 6.07) is 0. The number of hydrogen-bond donors (Lipinski definition) is 0. The normalized spacial score (nSPS) is 18.3. The second kappa shape index (κ2) is 5.18. The van der Waals surface area contributed by atoms with E-state index in [1.54, 1.807) is 6.92 Å². The molecule has 0 amide bonds. The van der Waals surface area contributed by atoms with E-state index in [4.69, 9.17) is 4.74 Å². The maximum absolute atomic E-state index is 13.4. The van der Waals surface area contributed by atoms with Crippen molar-refractivity contribution in [1.82, 2.24) is 0 Å². The third kappa shape index (κ3) is 3.52. The van der Waals surface area contributed by atoms with E-state index in [1.807, 2.05) is 19.9 Å². The van der Waals surface area contributed by atoms with E-state index in [1.165, 1.54) is 6.42 Å². The van der Waals surface area contributed by atoms with E-state index in [0.717, 1.165) is 18.4 Å². The van der Waals surface area contributed by atoms with Gasteiger partial charge in [-0.15, -0.1) is 0 Å². The summed E-state index contributed by atoms with van der Waals surface area (Å²) in [6.07, 6.45) is 5.88. The van der Waals surface area contributed by atoms with Gasteiger partial charge in [0.15, 0.2) is 0 Å². The zero-order valence-corrected chi connectivity index (χ0v) is 9.27. The number of allylic oxidation sites excluding steroid dienone is 4. The Balaban J connectivity index is 2.40. The molecule has 1 nitrogen and oxygen atoms in total. The Bertz CT molecular complexity index is 245. The molecule has 0 radical (unpaired) electrons. The van der Waals surface area contributed by atoms with Crippen molar-refractivity contribution in [3.05, 3.63) is 23.2 Å². The van der Waals surface area contributed by atoms with Gasteiger partial charge in [0.05, 0.1) is 6.10 Å². The fraction of sp³-hybridized carbons (Fsp3) is 0.667. The average molecular weight is 198 g/mol. The number of rotatable bonds is 4. The second-order valence-electron chi connectivity index (χ2n) is 4.12. The minimum atomic E-state index is -0.141. The van der Waals surface area contributed by atoms with Gasteiger partial charge in [-0.2, -0.15) is 0 Å². The Labute approximate surface area is 85.6 Å². The molecule has 0 N–H and O–H groups in total. The molecule has 0 aromatic carbocycles. The molecule has 1 fully saturated rings. The summed E-state index contributed by atoms with van der Waals surface area (Å²) >= 11 is 0. The maximum atomic E-state index is 13.4. The Morgan fingerprint density at radius 3 is 2.43 bits per heavy atom. The van der Waals surface area contributed by atoms with Crippen LogP contribution >= 0.6 is 0 Å². The van der Waals surface area contributed by atoms with Crippen LogP contribution < -0.4 is 0 Å². The lowest BCUT2D eigenvalue weighted by atomic mass is 9.96. The van der Waals surface area contributed by atoms with Gasteiger partial charge >= 0.3 is 0 Å². The van der Waals surface area contributed by atoms with Crippen LogP contribution in [0.3, 0.4) is 0 Å². The first-order valence-electron chi connectivity index (χ1n) is 5.25. The van der Waals surface area contributed by atoms with E-state index < -0.39 is 0 Å². The van der Waals surface area contributed by atoms with E-state index in [-0.39, 0.29) is 11.9 Å². The molecule has 80 valence electrons. The van der Waals surface area contributed by atoms with Gasteiger partial charge in [-0.25, -0.2) is 4.39 Å². The summed E-state index contributed by atoms with van der Waals surface area (Å²) in [6.45, 7) is 5.65. The standard InChI is InChI=1S/C12H19FO/c1-9(2)7-8-12(13)10(3)14-11-5-4-6-11/h7,11H,4-6,8H2,1-3H3/b12-10-. The van der Waals surface area contributed by atoms with E-state index in [2.05, 4.69) is 0 Å². The first kappa shape index (κ1) is 11.3. The van der Waals surface area contributed by atoms with Crippen LogP contribution in [0.2, 0.25) is 0 Å². The molecule has 0 aliphatic heterocycles. The third-order valence-electron chi connectivity index (χ3n) is 2.47. The van der Waals surface area contributed by atoms with Crippen LogP contribution in [0, 0.1) is 0 Å². The van der Waals surface area contributed by atoms with E-state index >= 15 is 0 Å². The van der Waals surface area contributed by atoms with Crippen LogP contribution in [0.1, 0.15) is 46.5 Å². The molecule has 0 bridgehead atoms. The van der Waals surface area contributed by atoms with Gasteiger partial charge in [-0.3, -0.25) is 0 Å². The zero-order valence-electron chi connectivity index (χ0n) is 9.27. The topological polar surface area (TPSA) is 9.23 Å².